The van der Waals surface area contributed by atoms with Gasteiger partial charge in [0.1, 0.15) is 6.10 Å². The highest BCUT2D eigenvalue weighted by molar-refractivity contribution is 5.69. The third-order valence-electron chi connectivity index (χ3n) is 11.1. The molecule has 8 atom stereocenters. The molecule has 34 heavy (non-hydrogen) atoms. The van der Waals surface area contributed by atoms with Crippen LogP contribution in [-0.2, 0) is 9.53 Å². The Kier molecular flexibility index (Phi) is 7.96. The Morgan fingerprint density at radius 2 is 1.74 bits per heavy atom. The Morgan fingerprint density at radius 1 is 0.971 bits per heavy atom. The van der Waals surface area contributed by atoms with Crippen molar-refractivity contribution < 1.29 is 9.53 Å². The first-order chi connectivity index (χ1) is 16.0. The molecular formula is C32H54O2. The van der Waals surface area contributed by atoms with E-state index in [1.807, 2.05) is 0 Å². The summed E-state index contributed by atoms with van der Waals surface area (Å²) in [5.74, 6) is 5.67. The summed E-state index contributed by atoms with van der Waals surface area (Å²) in [6.45, 7) is 16.8. The molecule has 0 aromatic carbocycles. The lowest BCUT2D eigenvalue weighted by Crippen LogP contribution is -2.51. The van der Waals surface area contributed by atoms with Gasteiger partial charge in [0.05, 0.1) is 0 Å². The van der Waals surface area contributed by atoms with E-state index < -0.39 is 0 Å². The van der Waals surface area contributed by atoms with Crippen LogP contribution in [0.4, 0.5) is 0 Å². The van der Waals surface area contributed by atoms with Crippen molar-refractivity contribution in [3.05, 3.63) is 11.6 Å². The fourth-order valence-corrected chi connectivity index (χ4v) is 9.32. The second kappa shape index (κ2) is 10.3. The van der Waals surface area contributed by atoms with Crippen molar-refractivity contribution in [2.45, 2.75) is 132 Å². The lowest BCUT2D eigenvalue weighted by molar-refractivity contribution is -0.152. The minimum atomic E-state index is 0.00540. The molecule has 4 rings (SSSR count). The first kappa shape index (κ1) is 26.3. The van der Waals surface area contributed by atoms with E-state index in [1.165, 1.54) is 57.8 Å². The molecule has 3 saturated carbocycles. The van der Waals surface area contributed by atoms with Gasteiger partial charge in [-0.2, -0.15) is 0 Å². The Labute approximate surface area is 211 Å². The number of esters is 1. The first-order valence-corrected chi connectivity index (χ1v) is 14.9. The van der Waals surface area contributed by atoms with Gasteiger partial charge >= 0.3 is 5.97 Å². The number of fused-ring (bicyclic) bond motifs is 5. The lowest BCUT2D eigenvalue weighted by atomic mass is 9.47. The van der Waals surface area contributed by atoms with E-state index in [9.17, 15) is 4.79 Å². The van der Waals surface area contributed by atoms with Gasteiger partial charge in [-0.1, -0.05) is 79.4 Å². The van der Waals surface area contributed by atoms with Crippen LogP contribution in [0.1, 0.15) is 126 Å². The second-order valence-electron chi connectivity index (χ2n) is 14.2. The average molecular weight is 471 g/mol. The predicted octanol–water partition coefficient (Wildman–Crippen LogP) is 8.99. The number of rotatable bonds is 8. The van der Waals surface area contributed by atoms with Gasteiger partial charge in [-0.25, -0.2) is 0 Å². The molecule has 0 radical (unpaired) electrons. The van der Waals surface area contributed by atoms with Crippen LogP contribution in [0.2, 0.25) is 0 Å². The summed E-state index contributed by atoms with van der Waals surface area (Å²) in [5.41, 5.74) is 2.53. The summed E-state index contributed by atoms with van der Waals surface area (Å²) < 4.78 is 5.93. The average Bonchev–Trinajstić information content (AvgIpc) is 3.10. The third kappa shape index (κ3) is 5.04. The Morgan fingerprint density at radius 3 is 2.44 bits per heavy atom. The third-order valence-corrected chi connectivity index (χ3v) is 11.1. The van der Waals surface area contributed by atoms with Crippen LogP contribution >= 0.6 is 0 Å². The zero-order chi connectivity index (χ0) is 24.7. The molecule has 0 amide bonds. The molecule has 0 saturated heterocycles. The van der Waals surface area contributed by atoms with Crippen molar-refractivity contribution >= 4 is 5.97 Å². The number of hydrogen-bond acceptors (Lipinski definition) is 2. The van der Waals surface area contributed by atoms with E-state index in [-0.39, 0.29) is 12.1 Å². The quantitative estimate of drug-likeness (QED) is 0.261. The maximum Gasteiger partial charge on any atom is 0.306 e. The summed E-state index contributed by atoms with van der Waals surface area (Å²) in [4.78, 5) is 12.3. The van der Waals surface area contributed by atoms with Crippen LogP contribution in [0.3, 0.4) is 0 Å². The van der Waals surface area contributed by atoms with Gasteiger partial charge in [0.15, 0.2) is 0 Å². The van der Waals surface area contributed by atoms with Crippen molar-refractivity contribution in [2.24, 2.45) is 52.3 Å². The summed E-state index contributed by atoms with van der Waals surface area (Å²) in [7, 11) is 0. The van der Waals surface area contributed by atoms with Crippen LogP contribution in [0.5, 0.6) is 0 Å². The largest absolute Gasteiger partial charge is 0.462 e. The molecule has 0 aromatic heterocycles. The molecule has 2 heteroatoms. The van der Waals surface area contributed by atoms with Crippen molar-refractivity contribution in [3.8, 4) is 0 Å². The van der Waals surface area contributed by atoms with Crippen molar-refractivity contribution in [1.82, 2.24) is 0 Å². The van der Waals surface area contributed by atoms with Crippen molar-refractivity contribution in [1.29, 1.82) is 0 Å². The topological polar surface area (TPSA) is 26.3 Å². The van der Waals surface area contributed by atoms with Gasteiger partial charge in [-0.3, -0.25) is 4.79 Å². The molecular weight excluding hydrogens is 416 g/mol. The van der Waals surface area contributed by atoms with Gasteiger partial charge < -0.3 is 4.74 Å². The smallest absolute Gasteiger partial charge is 0.306 e. The van der Waals surface area contributed by atoms with E-state index in [1.54, 1.807) is 5.57 Å². The fourth-order valence-electron chi connectivity index (χ4n) is 9.32. The number of hydrogen-bond donors (Lipinski definition) is 0. The Balaban J connectivity index is 1.42. The van der Waals surface area contributed by atoms with Crippen LogP contribution < -0.4 is 0 Å². The molecule has 4 aliphatic carbocycles. The maximum atomic E-state index is 12.3. The summed E-state index contributed by atoms with van der Waals surface area (Å²) in [6.07, 6.45) is 17.8. The number of carbonyl (C=O) groups excluding carboxylic acids is 1. The zero-order valence-corrected chi connectivity index (χ0v) is 23.5. The van der Waals surface area contributed by atoms with E-state index in [4.69, 9.17) is 4.74 Å². The predicted molar refractivity (Wildman–Crippen MR) is 142 cm³/mol. The van der Waals surface area contributed by atoms with Gasteiger partial charge in [0.2, 0.25) is 0 Å². The van der Waals surface area contributed by atoms with Gasteiger partial charge in [0.25, 0.3) is 0 Å². The SMILES string of the molecule is CC(C)CCC[C@H](C)[C@@H]1CC[C@@H]2[C@H]3CC=C4C[C@@H](OC(=O)CC(C)C)CC[C@]4(C)[C@@H]3CC[C@@]21C. The molecule has 0 N–H and O–H groups in total. The maximum absolute atomic E-state index is 12.3. The molecule has 3 fully saturated rings. The highest BCUT2D eigenvalue weighted by Gasteiger charge is 2.59. The Bertz CT molecular complexity index is 750. The summed E-state index contributed by atoms with van der Waals surface area (Å²) >= 11 is 0. The van der Waals surface area contributed by atoms with E-state index in [0.717, 1.165) is 48.3 Å². The van der Waals surface area contributed by atoms with Gasteiger partial charge in [-0.05, 0) is 97.2 Å². The van der Waals surface area contributed by atoms with Crippen LogP contribution in [0, 0.1) is 52.3 Å². The molecule has 0 unspecified atom stereocenters. The summed E-state index contributed by atoms with van der Waals surface area (Å²) in [5, 5.41) is 0. The standard InChI is InChI=1S/C32H54O2/c1-21(2)9-8-10-23(5)27-13-14-28-26-12-11-24-20-25(34-30(33)19-22(3)4)15-17-31(24,6)29(26)16-18-32(27,28)7/h11,21-23,25-29H,8-10,12-20H2,1-7H3/t23-,25-,26+,27-,28+,29+,31-,32+/m0/s1. The number of ether oxygens (including phenoxy) is 1. The monoisotopic (exact) mass is 470 g/mol. The minimum Gasteiger partial charge on any atom is -0.462 e. The lowest BCUT2D eigenvalue weighted by Gasteiger charge is -2.58. The van der Waals surface area contributed by atoms with E-state index in [0.29, 0.717) is 23.2 Å². The van der Waals surface area contributed by atoms with Gasteiger partial charge in [0, 0.05) is 12.8 Å². The van der Waals surface area contributed by atoms with E-state index in [2.05, 4.69) is 54.5 Å². The van der Waals surface area contributed by atoms with Crippen molar-refractivity contribution in [3.63, 3.8) is 0 Å². The molecule has 0 spiro atoms. The first-order valence-electron chi connectivity index (χ1n) is 14.9. The highest BCUT2D eigenvalue weighted by Crippen LogP contribution is 2.67. The summed E-state index contributed by atoms with van der Waals surface area (Å²) in [6, 6.07) is 0. The highest BCUT2D eigenvalue weighted by atomic mass is 16.5. The molecule has 0 aliphatic heterocycles. The number of carbonyl (C=O) groups is 1. The molecule has 2 nitrogen and oxygen atoms in total. The molecule has 0 bridgehead atoms. The van der Waals surface area contributed by atoms with Crippen LogP contribution in [0.15, 0.2) is 11.6 Å². The van der Waals surface area contributed by atoms with E-state index >= 15 is 0 Å². The van der Waals surface area contributed by atoms with Gasteiger partial charge in [-0.15, -0.1) is 0 Å². The second-order valence-corrected chi connectivity index (χ2v) is 14.2. The Hall–Kier alpha value is -0.790. The normalized spacial score (nSPS) is 40.4. The minimum absolute atomic E-state index is 0.00540. The number of allylic oxidation sites excluding steroid dienone is 1. The van der Waals surface area contributed by atoms with Crippen molar-refractivity contribution in [2.75, 3.05) is 0 Å². The zero-order valence-electron chi connectivity index (χ0n) is 23.5. The molecule has 0 aromatic rings. The molecule has 194 valence electrons. The molecule has 4 aliphatic rings. The molecule has 0 heterocycles. The fraction of sp³-hybridized carbons (Fsp3) is 0.906. The van der Waals surface area contributed by atoms with Crippen LogP contribution in [0.25, 0.3) is 0 Å². The van der Waals surface area contributed by atoms with Crippen LogP contribution in [-0.4, -0.2) is 12.1 Å².